The first-order chi connectivity index (χ1) is 8.60. The van der Waals surface area contributed by atoms with Crippen molar-refractivity contribution in [2.45, 2.75) is 51.9 Å². The highest BCUT2D eigenvalue weighted by atomic mass is 16.4. The van der Waals surface area contributed by atoms with E-state index in [2.05, 4.69) is 12.2 Å². The summed E-state index contributed by atoms with van der Waals surface area (Å²) in [4.78, 5) is 21.9. The average Bonchev–Trinajstić information content (AvgIpc) is 2.33. The zero-order valence-electron chi connectivity index (χ0n) is 11.3. The summed E-state index contributed by atoms with van der Waals surface area (Å²) in [5.41, 5.74) is 5.33. The van der Waals surface area contributed by atoms with E-state index < -0.39 is 5.97 Å². The molecule has 0 aliphatic carbocycles. The highest BCUT2D eigenvalue weighted by Gasteiger charge is 2.10. The average molecular weight is 258 g/mol. The summed E-state index contributed by atoms with van der Waals surface area (Å²) < 4.78 is 0. The zero-order valence-corrected chi connectivity index (χ0v) is 11.3. The van der Waals surface area contributed by atoms with Crippen LogP contribution in [0.4, 0.5) is 0 Å². The van der Waals surface area contributed by atoms with Crippen LogP contribution in [0.25, 0.3) is 0 Å². The second kappa shape index (κ2) is 11.0. The van der Waals surface area contributed by atoms with Gasteiger partial charge in [-0.1, -0.05) is 19.8 Å². The van der Waals surface area contributed by atoms with Crippen molar-refractivity contribution < 1.29 is 14.7 Å². The van der Waals surface area contributed by atoms with Crippen LogP contribution >= 0.6 is 0 Å². The van der Waals surface area contributed by atoms with Gasteiger partial charge in [-0.15, -0.1) is 0 Å². The topological polar surface area (TPSA) is 92.4 Å². The molecule has 0 saturated carbocycles. The third kappa shape index (κ3) is 10.1. The van der Waals surface area contributed by atoms with E-state index in [4.69, 9.17) is 10.8 Å². The maximum atomic E-state index is 11.3. The van der Waals surface area contributed by atoms with Crippen LogP contribution in [0, 0.1) is 5.92 Å². The highest BCUT2D eigenvalue weighted by Crippen LogP contribution is 2.17. The molecule has 0 aromatic carbocycles. The molecule has 0 spiro atoms. The van der Waals surface area contributed by atoms with Gasteiger partial charge in [0, 0.05) is 19.4 Å². The fourth-order valence-electron chi connectivity index (χ4n) is 1.94. The number of nitrogens with one attached hydrogen (secondary N) is 1. The largest absolute Gasteiger partial charge is 0.481 e. The molecule has 0 saturated heterocycles. The second-order valence-corrected chi connectivity index (χ2v) is 4.62. The summed E-state index contributed by atoms with van der Waals surface area (Å²) in [6.45, 7) is 3.26. The molecule has 0 aliphatic rings. The Morgan fingerprint density at radius 3 is 2.50 bits per heavy atom. The number of carbonyl (C=O) groups is 2. The van der Waals surface area contributed by atoms with E-state index in [1.54, 1.807) is 0 Å². The Labute approximate surface area is 109 Å². The third-order valence-electron chi connectivity index (χ3n) is 2.95. The molecule has 0 aliphatic heterocycles. The lowest BCUT2D eigenvalue weighted by Crippen LogP contribution is -2.26. The molecule has 5 heteroatoms. The number of carboxylic acids is 1. The summed E-state index contributed by atoms with van der Waals surface area (Å²) in [5.74, 6) is -0.321. The lowest BCUT2D eigenvalue weighted by molar-refractivity contribution is -0.137. The number of hydrogen-bond acceptors (Lipinski definition) is 3. The van der Waals surface area contributed by atoms with Crippen LogP contribution in [0.3, 0.4) is 0 Å². The van der Waals surface area contributed by atoms with Gasteiger partial charge in [0.25, 0.3) is 0 Å². The second-order valence-electron chi connectivity index (χ2n) is 4.62. The first kappa shape index (κ1) is 16.9. The molecular weight excluding hydrogens is 232 g/mol. The molecule has 0 bridgehead atoms. The van der Waals surface area contributed by atoms with Gasteiger partial charge < -0.3 is 16.2 Å². The molecule has 0 heterocycles. The van der Waals surface area contributed by atoms with Gasteiger partial charge in [-0.05, 0) is 31.7 Å². The molecule has 5 nitrogen and oxygen atoms in total. The monoisotopic (exact) mass is 258 g/mol. The number of rotatable bonds is 11. The molecule has 0 fully saturated rings. The van der Waals surface area contributed by atoms with Crippen LogP contribution in [-0.2, 0) is 9.59 Å². The predicted octanol–water partition coefficient (Wildman–Crippen LogP) is 1.51. The van der Waals surface area contributed by atoms with Crippen LogP contribution in [0.1, 0.15) is 51.9 Å². The summed E-state index contributed by atoms with van der Waals surface area (Å²) in [5, 5.41) is 11.5. The van der Waals surface area contributed by atoms with Gasteiger partial charge in [-0.25, -0.2) is 0 Å². The summed E-state index contributed by atoms with van der Waals surface area (Å²) in [6, 6.07) is 0. The summed E-state index contributed by atoms with van der Waals surface area (Å²) >= 11 is 0. The maximum absolute atomic E-state index is 11.3. The first-order valence-corrected chi connectivity index (χ1v) is 6.78. The van der Waals surface area contributed by atoms with Crippen LogP contribution in [0.15, 0.2) is 0 Å². The molecule has 18 heavy (non-hydrogen) atoms. The van der Waals surface area contributed by atoms with Crippen LogP contribution in [0.5, 0.6) is 0 Å². The van der Waals surface area contributed by atoms with Crippen molar-refractivity contribution in [1.29, 1.82) is 0 Å². The number of aliphatic carboxylic acids is 1. The van der Waals surface area contributed by atoms with E-state index >= 15 is 0 Å². The summed E-state index contributed by atoms with van der Waals surface area (Å²) in [6.07, 6.45) is 5.02. The Hall–Kier alpha value is -1.10. The number of carboxylic acid groups (broad SMARTS) is 1. The lowest BCUT2D eigenvalue weighted by Gasteiger charge is -2.15. The molecule has 0 radical (unpaired) electrons. The van der Waals surface area contributed by atoms with Gasteiger partial charge in [0.15, 0.2) is 0 Å². The first-order valence-electron chi connectivity index (χ1n) is 6.78. The molecule has 0 aromatic rings. The van der Waals surface area contributed by atoms with Crippen molar-refractivity contribution in [3.05, 3.63) is 0 Å². The Morgan fingerprint density at radius 1 is 1.22 bits per heavy atom. The Morgan fingerprint density at radius 2 is 1.94 bits per heavy atom. The van der Waals surface area contributed by atoms with Crippen molar-refractivity contribution in [1.82, 2.24) is 5.32 Å². The number of nitrogens with two attached hydrogens (primary N) is 1. The van der Waals surface area contributed by atoms with Crippen molar-refractivity contribution in [3.63, 3.8) is 0 Å². The number of hydrogen-bond donors (Lipinski definition) is 3. The van der Waals surface area contributed by atoms with Gasteiger partial charge >= 0.3 is 5.97 Å². The smallest absolute Gasteiger partial charge is 0.303 e. The van der Waals surface area contributed by atoms with Gasteiger partial charge in [-0.3, -0.25) is 9.59 Å². The molecule has 0 aromatic heterocycles. The van der Waals surface area contributed by atoms with Gasteiger partial charge in [-0.2, -0.15) is 0 Å². The normalized spacial score (nSPS) is 12.1. The predicted molar refractivity (Wildman–Crippen MR) is 71.2 cm³/mol. The Kier molecular flexibility index (Phi) is 10.3. The van der Waals surface area contributed by atoms with E-state index in [0.717, 1.165) is 19.3 Å². The standard InChI is InChI=1S/C13H26N2O3/c1-2-4-11(6-7-13(17)18)8-10-15-12(16)5-3-9-14/h11H,2-10,14H2,1H3,(H,15,16)(H,17,18). The van der Waals surface area contributed by atoms with Crippen LogP contribution < -0.4 is 11.1 Å². The van der Waals surface area contributed by atoms with E-state index in [1.807, 2.05) is 0 Å². The van der Waals surface area contributed by atoms with Gasteiger partial charge in [0.1, 0.15) is 0 Å². The van der Waals surface area contributed by atoms with Gasteiger partial charge in [0.2, 0.25) is 5.91 Å². The Bertz CT molecular complexity index is 244. The van der Waals surface area contributed by atoms with Crippen LogP contribution in [0.2, 0.25) is 0 Å². The number of amides is 1. The van der Waals surface area contributed by atoms with Crippen molar-refractivity contribution in [2.75, 3.05) is 13.1 Å². The molecule has 1 unspecified atom stereocenters. The minimum absolute atomic E-state index is 0.0360. The molecule has 4 N–H and O–H groups in total. The maximum Gasteiger partial charge on any atom is 0.303 e. The van der Waals surface area contributed by atoms with E-state index in [-0.39, 0.29) is 12.3 Å². The minimum atomic E-state index is -0.747. The lowest BCUT2D eigenvalue weighted by atomic mass is 9.94. The number of carbonyl (C=O) groups excluding carboxylic acids is 1. The van der Waals surface area contributed by atoms with Gasteiger partial charge in [0.05, 0.1) is 0 Å². The van der Waals surface area contributed by atoms with E-state index in [9.17, 15) is 9.59 Å². The van der Waals surface area contributed by atoms with Crippen molar-refractivity contribution in [3.8, 4) is 0 Å². The quantitative estimate of drug-likeness (QED) is 0.524. The SMILES string of the molecule is CCCC(CCNC(=O)CCCN)CCC(=O)O. The summed E-state index contributed by atoms with van der Waals surface area (Å²) in [7, 11) is 0. The van der Waals surface area contributed by atoms with E-state index in [1.165, 1.54) is 0 Å². The minimum Gasteiger partial charge on any atom is -0.481 e. The highest BCUT2D eigenvalue weighted by molar-refractivity contribution is 5.75. The molecule has 0 rings (SSSR count). The zero-order chi connectivity index (χ0) is 13.8. The molecule has 1 amide bonds. The fraction of sp³-hybridized carbons (Fsp3) is 0.846. The fourth-order valence-corrected chi connectivity index (χ4v) is 1.94. The Balaban J connectivity index is 3.74. The molecular formula is C13H26N2O3. The third-order valence-corrected chi connectivity index (χ3v) is 2.95. The molecule has 1 atom stereocenters. The van der Waals surface area contributed by atoms with Crippen LogP contribution in [-0.4, -0.2) is 30.1 Å². The van der Waals surface area contributed by atoms with Crippen molar-refractivity contribution in [2.24, 2.45) is 11.7 Å². The molecule has 106 valence electrons. The van der Waals surface area contributed by atoms with E-state index in [0.29, 0.717) is 38.3 Å². The van der Waals surface area contributed by atoms with Crippen molar-refractivity contribution >= 4 is 11.9 Å².